The molecule has 4 heterocycles. The molecule has 164 valence electrons. The maximum absolute atomic E-state index is 4.91. The van der Waals surface area contributed by atoms with Gasteiger partial charge in [-0.15, -0.1) is 0 Å². The lowest BCUT2D eigenvalue weighted by molar-refractivity contribution is 0.843. The zero-order chi connectivity index (χ0) is 22.7. The predicted molar refractivity (Wildman–Crippen MR) is 133 cm³/mol. The van der Waals surface area contributed by atoms with Gasteiger partial charge in [0.15, 0.2) is 5.82 Å². The van der Waals surface area contributed by atoms with Crippen molar-refractivity contribution in [2.45, 2.75) is 5.92 Å². The molecule has 2 aromatic carbocycles. The van der Waals surface area contributed by atoms with Crippen LogP contribution in [-0.2, 0) is 0 Å². The standard InChI is InChI=1S/C27H21N7/c1-2-7-19(8-3-1)23(20-9-6-12-28-15-20)17-30-26-22-10-4-5-11-24(22)32-25(33-26)21-16-31-27-29-13-14-34(27)18-21/h1-16,18,23H,17H2,(H,30,32,33). The molecule has 34 heavy (non-hydrogen) atoms. The van der Waals surface area contributed by atoms with Crippen molar-refractivity contribution in [1.29, 1.82) is 0 Å². The van der Waals surface area contributed by atoms with Crippen molar-refractivity contribution in [2.75, 3.05) is 11.9 Å². The average Bonchev–Trinajstić information content (AvgIpc) is 3.38. The maximum Gasteiger partial charge on any atom is 0.233 e. The van der Waals surface area contributed by atoms with Gasteiger partial charge in [-0.1, -0.05) is 48.5 Å². The van der Waals surface area contributed by atoms with Crippen LogP contribution in [0, 0.1) is 0 Å². The molecule has 6 aromatic rings. The molecule has 0 amide bonds. The molecule has 1 unspecified atom stereocenters. The molecule has 0 spiro atoms. The Morgan fingerprint density at radius 3 is 2.53 bits per heavy atom. The van der Waals surface area contributed by atoms with Gasteiger partial charge in [-0.05, 0) is 29.3 Å². The third-order valence-corrected chi connectivity index (χ3v) is 5.87. The van der Waals surface area contributed by atoms with E-state index in [-0.39, 0.29) is 5.92 Å². The van der Waals surface area contributed by atoms with E-state index in [0.29, 0.717) is 18.1 Å². The molecular formula is C27H21N7. The third kappa shape index (κ3) is 3.84. The summed E-state index contributed by atoms with van der Waals surface area (Å²) < 4.78 is 1.87. The predicted octanol–water partition coefficient (Wildman–Crippen LogP) is 4.98. The van der Waals surface area contributed by atoms with Gasteiger partial charge < -0.3 is 5.32 Å². The zero-order valence-electron chi connectivity index (χ0n) is 18.3. The lowest BCUT2D eigenvalue weighted by Crippen LogP contribution is -2.15. The second kappa shape index (κ2) is 8.71. The molecule has 1 atom stereocenters. The van der Waals surface area contributed by atoms with Crippen molar-refractivity contribution in [3.63, 3.8) is 0 Å². The Hall–Kier alpha value is -4.65. The fourth-order valence-corrected chi connectivity index (χ4v) is 4.17. The van der Waals surface area contributed by atoms with Crippen LogP contribution in [0.2, 0.25) is 0 Å². The number of para-hydroxylation sites is 1. The van der Waals surface area contributed by atoms with Gasteiger partial charge in [0.05, 0.1) is 11.1 Å². The Balaban J connectivity index is 1.40. The van der Waals surface area contributed by atoms with Gasteiger partial charge in [-0.3, -0.25) is 9.38 Å². The van der Waals surface area contributed by atoms with Crippen molar-refractivity contribution < 1.29 is 0 Å². The smallest absolute Gasteiger partial charge is 0.233 e. The van der Waals surface area contributed by atoms with E-state index >= 15 is 0 Å². The normalized spacial score (nSPS) is 12.1. The van der Waals surface area contributed by atoms with Gasteiger partial charge in [0, 0.05) is 55.0 Å². The highest BCUT2D eigenvalue weighted by atomic mass is 15.1. The van der Waals surface area contributed by atoms with Gasteiger partial charge >= 0.3 is 0 Å². The molecular weight excluding hydrogens is 422 g/mol. The lowest BCUT2D eigenvalue weighted by Gasteiger charge is -2.19. The number of fused-ring (bicyclic) bond motifs is 2. The Kier molecular flexibility index (Phi) is 5.12. The number of aromatic nitrogens is 6. The van der Waals surface area contributed by atoms with Gasteiger partial charge in [0.2, 0.25) is 5.78 Å². The van der Waals surface area contributed by atoms with Gasteiger partial charge in [-0.25, -0.2) is 19.9 Å². The summed E-state index contributed by atoms with van der Waals surface area (Å²) in [6.45, 7) is 0.662. The van der Waals surface area contributed by atoms with E-state index in [4.69, 9.17) is 9.97 Å². The maximum atomic E-state index is 4.91. The first-order valence-electron chi connectivity index (χ1n) is 11.1. The van der Waals surface area contributed by atoms with Crippen molar-refractivity contribution >= 4 is 22.5 Å². The second-order valence-corrected chi connectivity index (χ2v) is 8.02. The van der Waals surface area contributed by atoms with Gasteiger partial charge in [-0.2, -0.15) is 0 Å². The number of hydrogen-bond acceptors (Lipinski definition) is 6. The molecule has 0 saturated carbocycles. The van der Waals surface area contributed by atoms with Crippen molar-refractivity contribution in [3.05, 3.63) is 115 Å². The minimum Gasteiger partial charge on any atom is -0.368 e. The minimum absolute atomic E-state index is 0.121. The SMILES string of the molecule is c1ccc(C(CNc2nc(-c3cnc4nccn4c3)nc3ccccc23)c2cccnc2)cc1. The van der Waals surface area contributed by atoms with Gasteiger partial charge in [0.25, 0.3) is 0 Å². The Labute approximate surface area is 196 Å². The van der Waals surface area contributed by atoms with E-state index in [1.807, 2.05) is 59.4 Å². The molecule has 4 aromatic heterocycles. The summed E-state index contributed by atoms with van der Waals surface area (Å²) in [5, 5.41) is 4.58. The van der Waals surface area contributed by atoms with Crippen LogP contribution in [0.25, 0.3) is 28.1 Å². The first kappa shape index (κ1) is 20.0. The largest absolute Gasteiger partial charge is 0.368 e. The van der Waals surface area contributed by atoms with Crippen LogP contribution in [0.3, 0.4) is 0 Å². The molecule has 0 fully saturated rings. The van der Waals surface area contributed by atoms with Crippen LogP contribution in [-0.4, -0.2) is 35.9 Å². The third-order valence-electron chi connectivity index (χ3n) is 5.87. The fourth-order valence-electron chi connectivity index (χ4n) is 4.17. The molecule has 0 saturated heterocycles. The number of benzene rings is 2. The highest BCUT2D eigenvalue weighted by Gasteiger charge is 2.16. The molecule has 0 radical (unpaired) electrons. The van der Waals surface area contributed by atoms with Crippen molar-refractivity contribution in [1.82, 2.24) is 29.3 Å². The second-order valence-electron chi connectivity index (χ2n) is 8.02. The van der Waals surface area contributed by atoms with E-state index in [9.17, 15) is 0 Å². The van der Waals surface area contributed by atoms with Crippen LogP contribution >= 0.6 is 0 Å². The van der Waals surface area contributed by atoms with Gasteiger partial charge in [0.1, 0.15) is 5.82 Å². The summed E-state index contributed by atoms with van der Waals surface area (Å²) in [7, 11) is 0. The number of nitrogens with one attached hydrogen (secondary N) is 1. The number of pyridine rings is 1. The van der Waals surface area contributed by atoms with Crippen LogP contribution in [0.5, 0.6) is 0 Å². The van der Waals surface area contributed by atoms with E-state index < -0.39 is 0 Å². The number of anilines is 1. The fraction of sp³-hybridized carbons (Fsp3) is 0.0741. The summed E-state index contributed by atoms with van der Waals surface area (Å²) in [4.78, 5) is 22.7. The van der Waals surface area contributed by atoms with Crippen LogP contribution in [0.4, 0.5) is 5.82 Å². The van der Waals surface area contributed by atoms with E-state index in [1.54, 1.807) is 18.6 Å². The molecule has 0 bridgehead atoms. The molecule has 0 aliphatic carbocycles. The summed E-state index contributed by atoms with van der Waals surface area (Å²) in [6.07, 6.45) is 11.0. The Morgan fingerprint density at radius 1 is 0.794 bits per heavy atom. The molecule has 0 aliphatic heterocycles. The number of nitrogens with zero attached hydrogens (tertiary/aromatic N) is 6. The molecule has 0 aliphatic rings. The molecule has 7 nitrogen and oxygen atoms in total. The zero-order valence-corrected chi connectivity index (χ0v) is 18.3. The average molecular weight is 444 g/mol. The van der Waals surface area contributed by atoms with Crippen LogP contribution in [0.1, 0.15) is 17.0 Å². The number of imidazole rings is 1. The van der Waals surface area contributed by atoms with Crippen LogP contribution < -0.4 is 5.32 Å². The summed E-state index contributed by atoms with van der Waals surface area (Å²) >= 11 is 0. The lowest BCUT2D eigenvalue weighted by atomic mass is 9.92. The Morgan fingerprint density at radius 2 is 1.65 bits per heavy atom. The minimum atomic E-state index is 0.121. The van der Waals surface area contributed by atoms with E-state index in [2.05, 4.69) is 50.6 Å². The molecule has 1 N–H and O–H groups in total. The molecule has 6 rings (SSSR count). The van der Waals surface area contributed by atoms with Crippen molar-refractivity contribution in [2.24, 2.45) is 0 Å². The summed E-state index contributed by atoms with van der Waals surface area (Å²) in [6, 6.07) is 22.6. The highest BCUT2D eigenvalue weighted by molar-refractivity contribution is 5.90. The van der Waals surface area contributed by atoms with E-state index in [0.717, 1.165) is 27.8 Å². The topological polar surface area (TPSA) is 80.9 Å². The Bertz CT molecular complexity index is 1520. The quantitative estimate of drug-likeness (QED) is 0.391. The highest BCUT2D eigenvalue weighted by Crippen LogP contribution is 2.28. The number of hydrogen-bond donors (Lipinski definition) is 1. The first-order chi connectivity index (χ1) is 16.8. The number of rotatable bonds is 6. The monoisotopic (exact) mass is 443 g/mol. The van der Waals surface area contributed by atoms with E-state index in [1.165, 1.54) is 5.56 Å². The van der Waals surface area contributed by atoms with Crippen LogP contribution in [0.15, 0.2) is 104 Å². The summed E-state index contributed by atoms with van der Waals surface area (Å²) in [5.41, 5.74) is 4.07. The first-order valence-corrected chi connectivity index (χ1v) is 11.1. The summed E-state index contributed by atoms with van der Waals surface area (Å²) in [5.74, 6) is 2.17. The molecule has 7 heteroatoms. The van der Waals surface area contributed by atoms with Crippen molar-refractivity contribution in [3.8, 4) is 11.4 Å².